The minimum Gasteiger partial charge on any atom is -0.347 e. The fourth-order valence-corrected chi connectivity index (χ4v) is 2.62. The lowest BCUT2D eigenvalue weighted by atomic mass is 10.0. The lowest BCUT2D eigenvalue weighted by Gasteiger charge is -2.14. The van der Waals surface area contributed by atoms with Crippen LogP contribution in [0.4, 0.5) is 5.69 Å². The Morgan fingerprint density at radius 3 is 2.04 bits per heavy atom. The SMILES string of the molecule is CCc1cccc(CC)c1NC(=O)C(=O)NCCc1ccccc1. The van der Waals surface area contributed by atoms with Gasteiger partial charge >= 0.3 is 11.8 Å². The van der Waals surface area contributed by atoms with Crippen LogP contribution in [0.25, 0.3) is 0 Å². The molecule has 0 spiro atoms. The van der Waals surface area contributed by atoms with Crippen LogP contribution in [0.5, 0.6) is 0 Å². The van der Waals surface area contributed by atoms with Crippen LogP contribution in [0.3, 0.4) is 0 Å². The summed E-state index contributed by atoms with van der Waals surface area (Å²) in [5.74, 6) is -1.21. The van der Waals surface area contributed by atoms with Crippen molar-refractivity contribution in [3.05, 3.63) is 65.2 Å². The van der Waals surface area contributed by atoms with Gasteiger partial charge in [0, 0.05) is 12.2 Å². The Hall–Kier alpha value is -2.62. The van der Waals surface area contributed by atoms with Gasteiger partial charge < -0.3 is 10.6 Å². The first-order valence-corrected chi connectivity index (χ1v) is 8.39. The molecule has 24 heavy (non-hydrogen) atoms. The Labute approximate surface area is 143 Å². The van der Waals surface area contributed by atoms with Crippen molar-refractivity contribution in [1.29, 1.82) is 0 Å². The standard InChI is InChI=1S/C20H24N2O2/c1-3-16-11-8-12-17(4-2)18(16)22-20(24)19(23)21-14-13-15-9-6-5-7-10-15/h5-12H,3-4,13-14H2,1-2H3,(H,21,23)(H,22,24). The average Bonchev–Trinajstić information content (AvgIpc) is 2.62. The van der Waals surface area contributed by atoms with Crippen LogP contribution < -0.4 is 10.6 Å². The first kappa shape index (κ1) is 17.7. The van der Waals surface area contributed by atoms with Crippen molar-refractivity contribution in [2.75, 3.05) is 11.9 Å². The minimum absolute atomic E-state index is 0.437. The molecule has 0 saturated carbocycles. The number of nitrogens with one attached hydrogen (secondary N) is 2. The lowest BCUT2D eigenvalue weighted by molar-refractivity contribution is -0.136. The van der Waals surface area contributed by atoms with Crippen LogP contribution in [0.1, 0.15) is 30.5 Å². The molecular weight excluding hydrogens is 300 g/mol. The molecule has 4 heteroatoms. The third-order valence-corrected chi connectivity index (χ3v) is 3.99. The summed E-state index contributed by atoms with van der Waals surface area (Å²) in [5, 5.41) is 5.45. The smallest absolute Gasteiger partial charge is 0.313 e. The molecule has 4 nitrogen and oxygen atoms in total. The summed E-state index contributed by atoms with van der Waals surface area (Å²) in [6, 6.07) is 15.8. The zero-order valence-electron chi connectivity index (χ0n) is 14.3. The topological polar surface area (TPSA) is 58.2 Å². The first-order valence-electron chi connectivity index (χ1n) is 8.39. The predicted molar refractivity (Wildman–Crippen MR) is 97.0 cm³/mol. The van der Waals surface area contributed by atoms with Gasteiger partial charge in [-0.05, 0) is 36.0 Å². The van der Waals surface area contributed by atoms with E-state index in [9.17, 15) is 9.59 Å². The number of anilines is 1. The van der Waals surface area contributed by atoms with E-state index in [1.165, 1.54) is 0 Å². The molecule has 0 bridgehead atoms. The number of hydrogen-bond donors (Lipinski definition) is 2. The van der Waals surface area contributed by atoms with Gasteiger partial charge in [-0.1, -0.05) is 62.4 Å². The Morgan fingerprint density at radius 2 is 1.46 bits per heavy atom. The molecule has 0 aliphatic heterocycles. The van der Waals surface area contributed by atoms with Crippen molar-refractivity contribution in [2.45, 2.75) is 33.1 Å². The van der Waals surface area contributed by atoms with E-state index < -0.39 is 11.8 Å². The Bertz CT molecular complexity index is 674. The lowest BCUT2D eigenvalue weighted by Crippen LogP contribution is -2.36. The van der Waals surface area contributed by atoms with E-state index in [0.29, 0.717) is 13.0 Å². The van der Waals surface area contributed by atoms with Crippen LogP contribution in [-0.2, 0) is 28.9 Å². The zero-order valence-corrected chi connectivity index (χ0v) is 14.3. The van der Waals surface area contributed by atoms with Crippen molar-refractivity contribution >= 4 is 17.5 Å². The normalized spacial score (nSPS) is 10.2. The molecule has 2 rings (SSSR count). The van der Waals surface area contributed by atoms with Gasteiger partial charge in [0.1, 0.15) is 0 Å². The minimum atomic E-state index is -0.612. The maximum absolute atomic E-state index is 12.2. The van der Waals surface area contributed by atoms with Gasteiger partial charge in [0.2, 0.25) is 0 Å². The van der Waals surface area contributed by atoms with Crippen molar-refractivity contribution < 1.29 is 9.59 Å². The second-order valence-electron chi connectivity index (χ2n) is 5.60. The highest BCUT2D eigenvalue weighted by Crippen LogP contribution is 2.22. The van der Waals surface area contributed by atoms with Crippen LogP contribution >= 0.6 is 0 Å². The molecule has 2 aromatic carbocycles. The largest absolute Gasteiger partial charge is 0.347 e. The summed E-state index contributed by atoms with van der Waals surface area (Å²) in [7, 11) is 0. The molecule has 0 radical (unpaired) electrons. The van der Waals surface area contributed by atoms with E-state index in [1.54, 1.807) is 0 Å². The van der Waals surface area contributed by atoms with Gasteiger partial charge in [-0.3, -0.25) is 9.59 Å². The number of amides is 2. The highest BCUT2D eigenvalue weighted by Gasteiger charge is 2.16. The molecule has 2 N–H and O–H groups in total. The number of rotatable bonds is 6. The van der Waals surface area contributed by atoms with Crippen molar-refractivity contribution in [1.82, 2.24) is 5.32 Å². The molecule has 0 aliphatic carbocycles. The average molecular weight is 324 g/mol. The van der Waals surface area contributed by atoms with Crippen LogP contribution in [0, 0.1) is 0 Å². The van der Waals surface area contributed by atoms with Gasteiger partial charge in [0.05, 0.1) is 0 Å². The van der Waals surface area contributed by atoms with Crippen LogP contribution in [0.15, 0.2) is 48.5 Å². The summed E-state index contributed by atoms with van der Waals surface area (Å²) in [4.78, 5) is 24.2. The number of benzene rings is 2. The molecule has 0 heterocycles. The summed E-state index contributed by atoms with van der Waals surface area (Å²) >= 11 is 0. The third kappa shape index (κ3) is 4.69. The Kier molecular flexibility index (Phi) is 6.55. The molecule has 0 aromatic heterocycles. The molecule has 2 amide bonds. The molecule has 0 fully saturated rings. The Balaban J connectivity index is 1.93. The van der Waals surface area contributed by atoms with Gasteiger partial charge in [0.25, 0.3) is 0 Å². The van der Waals surface area contributed by atoms with E-state index in [-0.39, 0.29) is 0 Å². The summed E-state index contributed by atoms with van der Waals surface area (Å²) < 4.78 is 0. The predicted octanol–water partition coefficient (Wildman–Crippen LogP) is 3.11. The monoisotopic (exact) mass is 324 g/mol. The number of carbonyl (C=O) groups excluding carboxylic acids is 2. The third-order valence-electron chi connectivity index (χ3n) is 3.99. The van der Waals surface area contributed by atoms with E-state index in [4.69, 9.17) is 0 Å². The number of aryl methyl sites for hydroxylation is 2. The highest BCUT2D eigenvalue weighted by atomic mass is 16.2. The number of para-hydroxylation sites is 1. The summed E-state index contributed by atoms with van der Waals surface area (Å²) in [5.41, 5.74) is 3.98. The van der Waals surface area contributed by atoms with E-state index in [2.05, 4.69) is 10.6 Å². The second kappa shape index (κ2) is 8.87. The van der Waals surface area contributed by atoms with Gasteiger partial charge in [-0.25, -0.2) is 0 Å². The molecule has 2 aromatic rings. The zero-order chi connectivity index (χ0) is 17.4. The fourth-order valence-electron chi connectivity index (χ4n) is 2.62. The summed E-state index contributed by atoms with van der Waals surface area (Å²) in [6.07, 6.45) is 2.31. The van der Waals surface area contributed by atoms with Gasteiger partial charge in [0.15, 0.2) is 0 Å². The molecular formula is C20H24N2O2. The van der Waals surface area contributed by atoms with E-state index in [1.807, 2.05) is 62.4 Å². The van der Waals surface area contributed by atoms with Crippen molar-refractivity contribution in [3.8, 4) is 0 Å². The molecule has 0 unspecified atom stereocenters. The summed E-state index contributed by atoms with van der Waals surface area (Å²) in [6.45, 7) is 4.50. The molecule has 0 aliphatic rings. The van der Waals surface area contributed by atoms with Crippen LogP contribution in [-0.4, -0.2) is 18.4 Å². The van der Waals surface area contributed by atoms with Crippen molar-refractivity contribution in [2.24, 2.45) is 0 Å². The molecule has 126 valence electrons. The highest BCUT2D eigenvalue weighted by molar-refractivity contribution is 6.39. The van der Waals surface area contributed by atoms with Crippen molar-refractivity contribution in [3.63, 3.8) is 0 Å². The fraction of sp³-hybridized carbons (Fsp3) is 0.300. The second-order valence-corrected chi connectivity index (χ2v) is 5.60. The molecule has 0 saturated heterocycles. The maximum atomic E-state index is 12.2. The first-order chi connectivity index (χ1) is 11.7. The molecule has 0 atom stereocenters. The van der Waals surface area contributed by atoms with Gasteiger partial charge in [-0.2, -0.15) is 0 Å². The van der Waals surface area contributed by atoms with E-state index >= 15 is 0 Å². The number of carbonyl (C=O) groups is 2. The van der Waals surface area contributed by atoms with Gasteiger partial charge in [-0.15, -0.1) is 0 Å². The Morgan fingerprint density at radius 1 is 0.833 bits per heavy atom. The van der Waals surface area contributed by atoms with Crippen LogP contribution in [0.2, 0.25) is 0 Å². The van der Waals surface area contributed by atoms with E-state index in [0.717, 1.165) is 35.2 Å². The quantitative estimate of drug-likeness (QED) is 0.802. The maximum Gasteiger partial charge on any atom is 0.313 e. The number of hydrogen-bond acceptors (Lipinski definition) is 2.